The number of morpholine rings is 1. The number of amides is 2. The van der Waals surface area contributed by atoms with E-state index in [0.717, 1.165) is 12.8 Å². The molecule has 6 heteroatoms. The van der Waals surface area contributed by atoms with Crippen LogP contribution < -0.4 is 0 Å². The van der Waals surface area contributed by atoms with Crippen molar-refractivity contribution >= 4 is 11.8 Å². The van der Waals surface area contributed by atoms with E-state index in [1.165, 1.54) is 12.5 Å². The fourth-order valence-corrected chi connectivity index (χ4v) is 2.97. The molecular formula is C15H20N2O4. The molecule has 2 aliphatic rings. The third kappa shape index (κ3) is 3.10. The van der Waals surface area contributed by atoms with E-state index in [-0.39, 0.29) is 17.7 Å². The summed E-state index contributed by atoms with van der Waals surface area (Å²) in [7, 11) is 0. The van der Waals surface area contributed by atoms with Crippen LogP contribution in [-0.4, -0.2) is 61.0 Å². The molecule has 1 atom stereocenters. The molecule has 114 valence electrons. The molecule has 0 N–H and O–H groups in total. The molecule has 2 aliphatic heterocycles. The van der Waals surface area contributed by atoms with Crippen LogP contribution in [0.3, 0.4) is 0 Å². The maximum atomic E-state index is 12.5. The van der Waals surface area contributed by atoms with Gasteiger partial charge in [0.1, 0.15) is 6.26 Å². The van der Waals surface area contributed by atoms with Crippen LogP contribution in [-0.2, 0) is 9.53 Å². The highest BCUT2D eigenvalue weighted by molar-refractivity contribution is 5.94. The summed E-state index contributed by atoms with van der Waals surface area (Å²) in [4.78, 5) is 28.5. The Morgan fingerprint density at radius 1 is 1.14 bits per heavy atom. The number of hydrogen-bond donors (Lipinski definition) is 0. The fraction of sp³-hybridized carbons (Fsp3) is 0.600. The molecule has 0 bridgehead atoms. The number of likely N-dealkylation sites (tertiary alicyclic amines) is 1. The van der Waals surface area contributed by atoms with Crippen LogP contribution in [0.25, 0.3) is 0 Å². The summed E-state index contributed by atoms with van der Waals surface area (Å²) in [5, 5.41) is 0. The van der Waals surface area contributed by atoms with Gasteiger partial charge in [-0.1, -0.05) is 0 Å². The third-order valence-electron chi connectivity index (χ3n) is 4.15. The van der Waals surface area contributed by atoms with Gasteiger partial charge in [-0.15, -0.1) is 0 Å². The molecule has 0 spiro atoms. The standard InChI is InChI=1S/C15H20N2O4/c18-14(16-5-8-20-9-6-16)12-2-1-4-17(10-12)15(19)13-3-7-21-11-13/h3,7,11-12H,1-2,4-6,8-10H2. The molecule has 1 unspecified atom stereocenters. The Bertz CT molecular complexity index is 494. The van der Waals surface area contributed by atoms with Gasteiger partial charge in [-0.2, -0.15) is 0 Å². The number of rotatable bonds is 2. The molecule has 3 rings (SSSR count). The molecule has 2 amide bonds. The van der Waals surface area contributed by atoms with Gasteiger partial charge in [0.2, 0.25) is 5.91 Å². The first-order valence-electron chi connectivity index (χ1n) is 7.43. The number of carbonyl (C=O) groups excluding carboxylic acids is 2. The van der Waals surface area contributed by atoms with E-state index in [0.29, 0.717) is 45.0 Å². The zero-order valence-electron chi connectivity index (χ0n) is 12.0. The van der Waals surface area contributed by atoms with Gasteiger partial charge in [0.25, 0.3) is 5.91 Å². The number of piperidine rings is 1. The van der Waals surface area contributed by atoms with Crippen molar-refractivity contribution in [3.8, 4) is 0 Å². The summed E-state index contributed by atoms with van der Waals surface area (Å²) in [6.07, 6.45) is 4.67. The summed E-state index contributed by atoms with van der Waals surface area (Å²) < 4.78 is 10.2. The minimum Gasteiger partial charge on any atom is -0.472 e. The molecule has 0 aliphatic carbocycles. The second-order valence-electron chi connectivity index (χ2n) is 5.54. The highest BCUT2D eigenvalue weighted by Gasteiger charge is 2.32. The zero-order chi connectivity index (χ0) is 14.7. The molecule has 6 nitrogen and oxygen atoms in total. The third-order valence-corrected chi connectivity index (χ3v) is 4.15. The monoisotopic (exact) mass is 292 g/mol. The lowest BCUT2D eigenvalue weighted by Crippen LogP contribution is -2.49. The predicted octanol–water partition coefficient (Wildman–Crippen LogP) is 0.991. The number of nitrogens with zero attached hydrogens (tertiary/aromatic N) is 2. The molecule has 0 aromatic carbocycles. The van der Waals surface area contributed by atoms with Crippen molar-refractivity contribution in [1.82, 2.24) is 9.80 Å². The molecule has 0 saturated carbocycles. The average Bonchev–Trinajstić information content (AvgIpc) is 3.09. The first kappa shape index (κ1) is 14.1. The van der Waals surface area contributed by atoms with Crippen molar-refractivity contribution in [2.24, 2.45) is 5.92 Å². The van der Waals surface area contributed by atoms with Gasteiger partial charge in [-0.3, -0.25) is 9.59 Å². The molecule has 1 aromatic rings. The number of hydrogen-bond acceptors (Lipinski definition) is 4. The van der Waals surface area contributed by atoms with Crippen LogP contribution in [0.1, 0.15) is 23.2 Å². The van der Waals surface area contributed by atoms with Crippen LogP contribution in [0, 0.1) is 5.92 Å². The second kappa shape index (κ2) is 6.30. The number of furan rings is 1. The molecule has 1 aromatic heterocycles. The molecule has 3 heterocycles. The van der Waals surface area contributed by atoms with Gasteiger partial charge in [-0.05, 0) is 18.9 Å². The van der Waals surface area contributed by atoms with Crippen molar-refractivity contribution < 1.29 is 18.7 Å². The van der Waals surface area contributed by atoms with E-state index in [2.05, 4.69) is 0 Å². The van der Waals surface area contributed by atoms with E-state index >= 15 is 0 Å². The van der Waals surface area contributed by atoms with Crippen molar-refractivity contribution in [2.75, 3.05) is 39.4 Å². The SMILES string of the molecule is O=C(c1ccoc1)N1CCCC(C(=O)N2CCOCC2)C1. The van der Waals surface area contributed by atoms with E-state index in [9.17, 15) is 9.59 Å². The van der Waals surface area contributed by atoms with Gasteiger partial charge >= 0.3 is 0 Å². The summed E-state index contributed by atoms with van der Waals surface area (Å²) in [5.41, 5.74) is 0.550. The molecule has 2 fully saturated rings. The van der Waals surface area contributed by atoms with E-state index < -0.39 is 0 Å². The van der Waals surface area contributed by atoms with Gasteiger partial charge in [0, 0.05) is 26.2 Å². The topological polar surface area (TPSA) is 63.0 Å². The summed E-state index contributed by atoms with van der Waals surface area (Å²) in [6, 6.07) is 1.66. The highest BCUT2D eigenvalue weighted by Crippen LogP contribution is 2.21. The van der Waals surface area contributed by atoms with Crippen molar-refractivity contribution in [3.63, 3.8) is 0 Å². The van der Waals surface area contributed by atoms with Crippen LogP contribution >= 0.6 is 0 Å². The smallest absolute Gasteiger partial charge is 0.257 e. The number of carbonyl (C=O) groups is 2. The van der Waals surface area contributed by atoms with Gasteiger partial charge in [0.05, 0.1) is 31.0 Å². The Hall–Kier alpha value is -1.82. The normalized spacial score (nSPS) is 23.1. The van der Waals surface area contributed by atoms with E-state index in [4.69, 9.17) is 9.15 Å². The van der Waals surface area contributed by atoms with E-state index in [1.54, 1.807) is 11.0 Å². The summed E-state index contributed by atoms with van der Waals surface area (Å²) in [5.74, 6) is 0.0129. The first-order chi connectivity index (χ1) is 10.3. The Morgan fingerprint density at radius 2 is 1.95 bits per heavy atom. The van der Waals surface area contributed by atoms with Crippen LogP contribution in [0.15, 0.2) is 23.0 Å². The molecular weight excluding hydrogens is 272 g/mol. The minimum atomic E-state index is -0.0901. The predicted molar refractivity (Wildman–Crippen MR) is 74.7 cm³/mol. The molecule has 0 radical (unpaired) electrons. The highest BCUT2D eigenvalue weighted by atomic mass is 16.5. The second-order valence-corrected chi connectivity index (χ2v) is 5.54. The lowest BCUT2D eigenvalue weighted by atomic mass is 9.96. The lowest BCUT2D eigenvalue weighted by molar-refractivity contribution is -0.141. The summed E-state index contributed by atoms with van der Waals surface area (Å²) >= 11 is 0. The Kier molecular flexibility index (Phi) is 4.24. The van der Waals surface area contributed by atoms with Gasteiger partial charge in [-0.25, -0.2) is 0 Å². The van der Waals surface area contributed by atoms with Crippen molar-refractivity contribution in [2.45, 2.75) is 12.8 Å². The minimum absolute atomic E-state index is 0.0526. The zero-order valence-corrected chi connectivity index (χ0v) is 12.0. The maximum absolute atomic E-state index is 12.5. The van der Waals surface area contributed by atoms with Crippen LogP contribution in [0.2, 0.25) is 0 Å². The van der Waals surface area contributed by atoms with Crippen LogP contribution in [0.5, 0.6) is 0 Å². The van der Waals surface area contributed by atoms with Crippen LogP contribution in [0.4, 0.5) is 0 Å². The van der Waals surface area contributed by atoms with Crippen molar-refractivity contribution in [3.05, 3.63) is 24.2 Å². The number of ether oxygens (including phenoxy) is 1. The van der Waals surface area contributed by atoms with Crippen molar-refractivity contribution in [1.29, 1.82) is 0 Å². The Labute approximate surface area is 123 Å². The Balaban J connectivity index is 1.62. The summed E-state index contributed by atoms with van der Waals surface area (Å²) in [6.45, 7) is 3.74. The van der Waals surface area contributed by atoms with E-state index in [1.807, 2.05) is 4.90 Å². The van der Waals surface area contributed by atoms with Gasteiger partial charge < -0.3 is 19.0 Å². The maximum Gasteiger partial charge on any atom is 0.257 e. The average molecular weight is 292 g/mol. The first-order valence-corrected chi connectivity index (χ1v) is 7.43. The largest absolute Gasteiger partial charge is 0.472 e. The Morgan fingerprint density at radius 3 is 2.67 bits per heavy atom. The molecule has 2 saturated heterocycles. The fourth-order valence-electron chi connectivity index (χ4n) is 2.97. The lowest BCUT2D eigenvalue weighted by Gasteiger charge is -2.36. The van der Waals surface area contributed by atoms with Gasteiger partial charge in [0.15, 0.2) is 0 Å². The quantitative estimate of drug-likeness (QED) is 0.815. The molecule has 21 heavy (non-hydrogen) atoms.